The van der Waals surface area contributed by atoms with Crippen molar-refractivity contribution in [2.75, 3.05) is 6.61 Å². The Morgan fingerprint density at radius 2 is 1.89 bits per heavy atom. The Hall–Kier alpha value is -0.0831. The van der Waals surface area contributed by atoms with E-state index in [1.165, 1.54) is 0 Å². The fourth-order valence-electron chi connectivity index (χ4n) is 0.511. The second-order valence-corrected chi connectivity index (χ2v) is 8.35. The maximum absolute atomic E-state index is 8.43. The van der Waals surface area contributed by atoms with Crippen molar-refractivity contribution in [3.63, 3.8) is 0 Å². The monoisotopic (exact) mass is 144 g/mol. The van der Waals surface area contributed by atoms with E-state index in [1.807, 2.05) is 0 Å². The van der Waals surface area contributed by atoms with Gasteiger partial charge in [0.15, 0.2) is 0 Å². The van der Waals surface area contributed by atoms with Crippen molar-refractivity contribution in [2.24, 2.45) is 0 Å². The van der Waals surface area contributed by atoms with Crippen LogP contribution < -0.4 is 0 Å². The molecule has 0 radical (unpaired) electrons. The molecule has 54 valence electrons. The SMILES string of the molecule is C[Si](C)(C)/C=C\CCO. The average Bonchev–Trinajstić information content (AvgIpc) is 1.63. The van der Waals surface area contributed by atoms with Crippen LogP contribution in [0.4, 0.5) is 0 Å². The molecule has 1 nitrogen and oxygen atoms in total. The maximum atomic E-state index is 8.43. The van der Waals surface area contributed by atoms with E-state index in [1.54, 1.807) is 0 Å². The van der Waals surface area contributed by atoms with E-state index in [4.69, 9.17) is 5.11 Å². The van der Waals surface area contributed by atoms with Crippen LogP contribution in [0.5, 0.6) is 0 Å². The Bertz CT molecular complexity index is 91.6. The van der Waals surface area contributed by atoms with Crippen molar-refractivity contribution in [1.82, 2.24) is 0 Å². The van der Waals surface area contributed by atoms with Gasteiger partial charge in [-0.25, -0.2) is 0 Å². The average molecular weight is 144 g/mol. The third-order valence-electron chi connectivity index (χ3n) is 0.914. The molecule has 2 heteroatoms. The first kappa shape index (κ1) is 8.92. The lowest BCUT2D eigenvalue weighted by atomic mass is 10.5. The summed E-state index contributed by atoms with van der Waals surface area (Å²) in [5, 5.41) is 8.43. The van der Waals surface area contributed by atoms with E-state index in [0.29, 0.717) is 0 Å². The van der Waals surface area contributed by atoms with Crippen LogP contribution in [0.15, 0.2) is 11.8 Å². The Morgan fingerprint density at radius 3 is 2.22 bits per heavy atom. The van der Waals surface area contributed by atoms with Gasteiger partial charge in [0, 0.05) is 6.61 Å². The second-order valence-electron chi connectivity index (χ2n) is 3.28. The molecule has 0 saturated heterocycles. The highest BCUT2D eigenvalue weighted by molar-refractivity contribution is 6.80. The van der Waals surface area contributed by atoms with Crippen molar-refractivity contribution < 1.29 is 5.11 Å². The Morgan fingerprint density at radius 1 is 1.33 bits per heavy atom. The Labute approximate surface area is 58.4 Å². The number of rotatable bonds is 3. The number of hydrogen-bond donors (Lipinski definition) is 1. The zero-order valence-corrected chi connectivity index (χ0v) is 7.52. The molecule has 0 aromatic heterocycles. The topological polar surface area (TPSA) is 20.2 Å². The van der Waals surface area contributed by atoms with E-state index in [-0.39, 0.29) is 6.61 Å². The summed E-state index contributed by atoms with van der Waals surface area (Å²) < 4.78 is 0. The molecular formula is C7H16OSi. The third kappa shape index (κ3) is 7.92. The second kappa shape index (κ2) is 3.85. The molecule has 0 amide bonds. The quantitative estimate of drug-likeness (QED) is 0.599. The molecule has 0 aliphatic rings. The summed E-state index contributed by atoms with van der Waals surface area (Å²) in [6.07, 6.45) is 2.89. The number of hydrogen-bond acceptors (Lipinski definition) is 1. The standard InChI is InChI=1S/C7H16OSi/c1-9(2,3)7-5-4-6-8/h5,7-8H,4,6H2,1-3H3/b7-5-. The normalized spacial score (nSPS) is 12.9. The highest BCUT2D eigenvalue weighted by atomic mass is 28.3. The summed E-state index contributed by atoms with van der Waals surface area (Å²) in [6.45, 7) is 7.11. The summed E-state index contributed by atoms with van der Waals surface area (Å²) in [5.41, 5.74) is 2.25. The molecule has 0 rings (SSSR count). The summed E-state index contributed by atoms with van der Waals surface area (Å²) in [6, 6.07) is 0. The third-order valence-corrected chi connectivity index (χ3v) is 2.15. The van der Waals surface area contributed by atoms with Crippen LogP contribution in [0.3, 0.4) is 0 Å². The first-order valence-electron chi connectivity index (χ1n) is 3.35. The summed E-state index contributed by atoms with van der Waals surface area (Å²) in [7, 11) is -0.986. The molecule has 0 aliphatic carbocycles. The van der Waals surface area contributed by atoms with Crippen molar-refractivity contribution in [3.8, 4) is 0 Å². The van der Waals surface area contributed by atoms with Crippen molar-refractivity contribution in [1.29, 1.82) is 0 Å². The zero-order chi connectivity index (χ0) is 7.33. The van der Waals surface area contributed by atoms with E-state index in [2.05, 4.69) is 31.4 Å². The van der Waals surface area contributed by atoms with Crippen LogP contribution in [-0.2, 0) is 0 Å². The predicted octanol–water partition coefficient (Wildman–Crippen LogP) is 1.80. The first-order chi connectivity index (χ1) is 4.06. The van der Waals surface area contributed by atoms with Gasteiger partial charge in [-0.1, -0.05) is 31.4 Å². The van der Waals surface area contributed by atoms with Crippen LogP contribution in [0.1, 0.15) is 6.42 Å². The molecule has 9 heavy (non-hydrogen) atoms. The molecule has 0 spiro atoms. The van der Waals surface area contributed by atoms with Gasteiger partial charge in [0.2, 0.25) is 0 Å². The molecule has 0 aromatic carbocycles. The minimum atomic E-state index is -0.986. The van der Waals surface area contributed by atoms with Gasteiger partial charge in [-0.2, -0.15) is 0 Å². The van der Waals surface area contributed by atoms with Gasteiger partial charge in [0.05, 0.1) is 8.07 Å². The minimum Gasteiger partial charge on any atom is -0.396 e. The summed E-state index contributed by atoms with van der Waals surface area (Å²) >= 11 is 0. The molecule has 1 N–H and O–H groups in total. The Kier molecular flexibility index (Phi) is 3.82. The number of aliphatic hydroxyl groups excluding tert-OH is 1. The molecule has 0 aromatic rings. The van der Waals surface area contributed by atoms with Gasteiger partial charge < -0.3 is 5.11 Å². The van der Waals surface area contributed by atoms with Gasteiger partial charge >= 0.3 is 0 Å². The molecule has 0 unspecified atom stereocenters. The lowest BCUT2D eigenvalue weighted by Crippen LogP contribution is -2.15. The van der Waals surface area contributed by atoms with Crippen LogP contribution in [0.25, 0.3) is 0 Å². The van der Waals surface area contributed by atoms with E-state index in [9.17, 15) is 0 Å². The number of aliphatic hydroxyl groups is 1. The van der Waals surface area contributed by atoms with Gasteiger partial charge in [-0.05, 0) is 6.42 Å². The predicted molar refractivity (Wildman–Crippen MR) is 44.2 cm³/mol. The van der Waals surface area contributed by atoms with Crippen LogP contribution in [0.2, 0.25) is 19.6 Å². The van der Waals surface area contributed by atoms with Gasteiger partial charge in [-0.15, -0.1) is 0 Å². The minimum absolute atomic E-state index is 0.279. The molecule has 0 saturated carbocycles. The fourth-order valence-corrected chi connectivity index (χ4v) is 1.39. The van der Waals surface area contributed by atoms with E-state index in [0.717, 1.165) is 6.42 Å². The summed E-state index contributed by atoms with van der Waals surface area (Å²) in [4.78, 5) is 0. The van der Waals surface area contributed by atoms with Crippen molar-refractivity contribution in [2.45, 2.75) is 26.1 Å². The highest BCUT2D eigenvalue weighted by Crippen LogP contribution is 2.01. The molecule has 0 heterocycles. The Balaban J connectivity index is 3.45. The largest absolute Gasteiger partial charge is 0.396 e. The summed E-state index contributed by atoms with van der Waals surface area (Å²) in [5.74, 6) is 0. The molecule has 0 atom stereocenters. The maximum Gasteiger partial charge on any atom is 0.0682 e. The lowest BCUT2D eigenvalue weighted by molar-refractivity contribution is 0.302. The molecule has 0 fully saturated rings. The fraction of sp³-hybridized carbons (Fsp3) is 0.714. The zero-order valence-electron chi connectivity index (χ0n) is 6.52. The van der Waals surface area contributed by atoms with E-state index < -0.39 is 8.07 Å². The molecule has 0 aliphatic heterocycles. The molecular weight excluding hydrogens is 128 g/mol. The van der Waals surface area contributed by atoms with Crippen LogP contribution in [-0.4, -0.2) is 19.8 Å². The smallest absolute Gasteiger partial charge is 0.0682 e. The highest BCUT2D eigenvalue weighted by Gasteiger charge is 2.05. The van der Waals surface area contributed by atoms with Crippen molar-refractivity contribution >= 4 is 8.07 Å². The van der Waals surface area contributed by atoms with Gasteiger partial charge in [-0.3, -0.25) is 0 Å². The van der Waals surface area contributed by atoms with Gasteiger partial charge in [0.25, 0.3) is 0 Å². The molecule has 0 bridgehead atoms. The van der Waals surface area contributed by atoms with Gasteiger partial charge in [0.1, 0.15) is 0 Å². The van der Waals surface area contributed by atoms with E-state index >= 15 is 0 Å². The van der Waals surface area contributed by atoms with Crippen LogP contribution in [0, 0.1) is 0 Å². The van der Waals surface area contributed by atoms with Crippen molar-refractivity contribution in [3.05, 3.63) is 11.8 Å². The van der Waals surface area contributed by atoms with Crippen LogP contribution >= 0.6 is 0 Å². The first-order valence-corrected chi connectivity index (χ1v) is 6.92. The lowest BCUT2D eigenvalue weighted by Gasteiger charge is -2.07.